The van der Waals surface area contributed by atoms with Gasteiger partial charge in [-0.15, -0.1) is 0 Å². The molecule has 1 fully saturated rings. The zero-order valence-electron chi connectivity index (χ0n) is 8.03. The van der Waals surface area contributed by atoms with Crippen LogP contribution in [0.2, 0.25) is 0 Å². The summed E-state index contributed by atoms with van der Waals surface area (Å²) in [5.74, 6) is 1.97. The minimum atomic E-state index is -0.458. The van der Waals surface area contributed by atoms with E-state index in [4.69, 9.17) is 0 Å². The molecule has 1 unspecified atom stereocenters. The summed E-state index contributed by atoms with van der Waals surface area (Å²) >= 11 is 3.56. The maximum Gasteiger partial charge on any atom is 0.0869 e. The Balaban J connectivity index is 1.72. The monoisotopic (exact) mass is 229 g/mol. The molecule has 1 aliphatic rings. The van der Waals surface area contributed by atoms with E-state index in [1.165, 1.54) is 5.56 Å². The lowest BCUT2D eigenvalue weighted by molar-refractivity contribution is 0.0675. The molecule has 2 heterocycles. The number of nitrogens with one attached hydrogen (secondary N) is 1. The van der Waals surface area contributed by atoms with E-state index in [1.54, 1.807) is 11.3 Å². The normalized spacial score (nSPS) is 26.9. The van der Waals surface area contributed by atoms with Crippen LogP contribution < -0.4 is 5.32 Å². The lowest BCUT2D eigenvalue weighted by Gasteiger charge is -2.21. The summed E-state index contributed by atoms with van der Waals surface area (Å²) < 4.78 is 0. The molecule has 2 N–H and O–H groups in total. The predicted octanol–water partition coefficient (Wildman–Crippen LogP) is 1.71. The van der Waals surface area contributed by atoms with Gasteiger partial charge in [0, 0.05) is 18.8 Å². The first kappa shape index (κ1) is 10.5. The first-order chi connectivity index (χ1) is 6.79. The SMILES string of the molecule is OC1(CNCc2ccsc2)CCSC1. The number of rotatable bonds is 4. The van der Waals surface area contributed by atoms with Crippen LogP contribution in [-0.4, -0.2) is 28.8 Å². The van der Waals surface area contributed by atoms with Gasteiger partial charge in [-0.3, -0.25) is 0 Å². The van der Waals surface area contributed by atoms with Gasteiger partial charge >= 0.3 is 0 Å². The van der Waals surface area contributed by atoms with Gasteiger partial charge in [-0.05, 0) is 34.6 Å². The van der Waals surface area contributed by atoms with Crippen LogP contribution in [0.5, 0.6) is 0 Å². The van der Waals surface area contributed by atoms with Gasteiger partial charge in [-0.25, -0.2) is 0 Å². The smallest absolute Gasteiger partial charge is 0.0869 e. The van der Waals surface area contributed by atoms with Crippen molar-refractivity contribution >= 4 is 23.1 Å². The van der Waals surface area contributed by atoms with Crippen molar-refractivity contribution in [3.63, 3.8) is 0 Å². The first-order valence-electron chi connectivity index (χ1n) is 4.80. The molecule has 1 aromatic rings. The van der Waals surface area contributed by atoms with Crippen molar-refractivity contribution < 1.29 is 5.11 Å². The van der Waals surface area contributed by atoms with Crippen molar-refractivity contribution in [3.8, 4) is 0 Å². The molecule has 2 nitrogen and oxygen atoms in total. The van der Waals surface area contributed by atoms with Crippen LogP contribution in [0, 0.1) is 0 Å². The highest BCUT2D eigenvalue weighted by atomic mass is 32.2. The highest BCUT2D eigenvalue weighted by Crippen LogP contribution is 2.27. The van der Waals surface area contributed by atoms with Crippen molar-refractivity contribution in [2.75, 3.05) is 18.1 Å². The molecule has 0 aliphatic carbocycles. The second-order valence-corrected chi connectivity index (χ2v) is 5.65. The first-order valence-corrected chi connectivity index (χ1v) is 6.90. The Morgan fingerprint density at radius 1 is 1.57 bits per heavy atom. The van der Waals surface area contributed by atoms with Crippen LogP contribution in [-0.2, 0) is 6.54 Å². The molecule has 0 spiro atoms. The summed E-state index contributed by atoms with van der Waals surface area (Å²) in [5, 5.41) is 17.6. The molecular formula is C10H15NOS2. The number of aliphatic hydroxyl groups is 1. The molecule has 78 valence electrons. The Labute approximate surface area is 92.7 Å². The van der Waals surface area contributed by atoms with Crippen LogP contribution in [0.25, 0.3) is 0 Å². The molecule has 0 aromatic carbocycles. The molecule has 0 amide bonds. The molecule has 4 heteroatoms. The van der Waals surface area contributed by atoms with Gasteiger partial charge in [0.25, 0.3) is 0 Å². The van der Waals surface area contributed by atoms with Gasteiger partial charge in [0.1, 0.15) is 0 Å². The van der Waals surface area contributed by atoms with Crippen LogP contribution >= 0.6 is 23.1 Å². The Bertz CT molecular complexity index is 268. The maximum atomic E-state index is 10.0. The fraction of sp³-hybridized carbons (Fsp3) is 0.600. The van der Waals surface area contributed by atoms with E-state index in [0.29, 0.717) is 0 Å². The van der Waals surface area contributed by atoms with E-state index >= 15 is 0 Å². The van der Waals surface area contributed by atoms with E-state index < -0.39 is 5.60 Å². The largest absolute Gasteiger partial charge is 0.388 e. The third kappa shape index (κ3) is 2.73. The van der Waals surface area contributed by atoms with Crippen molar-refractivity contribution in [2.24, 2.45) is 0 Å². The standard InChI is InChI=1S/C10H15NOS2/c12-10(2-4-14-8-10)7-11-5-9-1-3-13-6-9/h1,3,6,11-12H,2,4-5,7-8H2. The van der Waals surface area contributed by atoms with Gasteiger partial charge < -0.3 is 10.4 Å². The van der Waals surface area contributed by atoms with Crippen molar-refractivity contribution in [1.82, 2.24) is 5.32 Å². The summed E-state index contributed by atoms with van der Waals surface area (Å²) in [6.07, 6.45) is 0.925. The molecule has 1 aromatic heterocycles. The lowest BCUT2D eigenvalue weighted by atomic mass is 10.0. The van der Waals surface area contributed by atoms with Crippen molar-refractivity contribution in [3.05, 3.63) is 22.4 Å². The Hall–Kier alpha value is -0.0300. The number of hydrogen-bond donors (Lipinski definition) is 2. The summed E-state index contributed by atoms with van der Waals surface area (Å²) in [6, 6.07) is 2.12. The average molecular weight is 229 g/mol. The van der Waals surface area contributed by atoms with Gasteiger partial charge in [0.2, 0.25) is 0 Å². The molecular weight excluding hydrogens is 214 g/mol. The van der Waals surface area contributed by atoms with Crippen LogP contribution in [0.4, 0.5) is 0 Å². The van der Waals surface area contributed by atoms with Crippen molar-refractivity contribution in [1.29, 1.82) is 0 Å². The maximum absolute atomic E-state index is 10.0. The summed E-state index contributed by atoms with van der Waals surface area (Å²) in [7, 11) is 0. The predicted molar refractivity (Wildman–Crippen MR) is 62.9 cm³/mol. The second kappa shape index (κ2) is 4.66. The molecule has 1 atom stereocenters. The number of thioether (sulfide) groups is 1. The van der Waals surface area contributed by atoms with Gasteiger partial charge in [0.15, 0.2) is 0 Å². The van der Waals surface area contributed by atoms with E-state index in [0.717, 1.165) is 31.0 Å². The Kier molecular flexibility index (Phi) is 3.49. The Morgan fingerprint density at radius 2 is 2.50 bits per heavy atom. The fourth-order valence-corrected chi connectivity index (χ4v) is 3.53. The van der Waals surface area contributed by atoms with Gasteiger partial charge in [-0.2, -0.15) is 23.1 Å². The zero-order valence-corrected chi connectivity index (χ0v) is 9.66. The Morgan fingerprint density at radius 3 is 3.14 bits per heavy atom. The second-order valence-electron chi connectivity index (χ2n) is 3.76. The molecule has 0 radical (unpaired) electrons. The van der Waals surface area contributed by atoms with Gasteiger partial charge in [0.05, 0.1) is 5.60 Å². The molecule has 1 saturated heterocycles. The van der Waals surface area contributed by atoms with Crippen LogP contribution in [0.15, 0.2) is 16.8 Å². The van der Waals surface area contributed by atoms with E-state index in [2.05, 4.69) is 22.1 Å². The minimum absolute atomic E-state index is 0.458. The summed E-state index contributed by atoms with van der Waals surface area (Å²) in [5.41, 5.74) is 0.852. The average Bonchev–Trinajstić information content (AvgIpc) is 2.77. The van der Waals surface area contributed by atoms with E-state index in [-0.39, 0.29) is 0 Å². The topological polar surface area (TPSA) is 32.3 Å². The molecule has 2 rings (SSSR count). The molecule has 1 aliphatic heterocycles. The molecule has 14 heavy (non-hydrogen) atoms. The minimum Gasteiger partial charge on any atom is -0.388 e. The number of hydrogen-bond acceptors (Lipinski definition) is 4. The van der Waals surface area contributed by atoms with E-state index in [9.17, 15) is 5.11 Å². The highest BCUT2D eigenvalue weighted by molar-refractivity contribution is 7.99. The van der Waals surface area contributed by atoms with Gasteiger partial charge in [-0.1, -0.05) is 0 Å². The van der Waals surface area contributed by atoms with Crippen LogP contribution in [0.3, 0.4) is 0 Å². The quantitative estimate of drug-likeness (QED) is 0.824. The number of thiophene rings is 1. The zero-order chi connectivity index (χ0) is 9.86. The molecule has 0 bridgehead atoms. The molecule has 0 saturated carbocycles. The third-order valence-corrected chi connectivity index (χ3v) is 4.41. The summed E-state index contributed by atoms with van der Waals surface area (Å²) in [4.78, 5) is 0. The lowest BCUT2D eigenvalue weighted by Crippen LogP contribution is -2.40. The highest BCUT2D eigenvalue weighted by Gasteiger charge is 2.30. The van der Waals surface area contributed by atoms with Crippen LogP contribution in [0.1, 0.15) is 12.0 Å². The third-order valence-electron chi connectivity index (χ3n) is 2.45. The van der Waals surface area contributed by atoms with Crippen molar-refractivity contribution in [2.45, 2.75) is 18.6 Å². The fourth-order valence-electron chi connectivity index (χ4n) is 1.57. The van der Waals surface area contributed by atoms with E-state index in [1.807, 2.05) is 11.8 Å². The summed E-state index contributed by atoms with van der Waals surface area (Å²) in [6.45, 7) is 1.59.